The average Bonchev–Trinajstić information content (AvgIpc) is 3.26. The van der Waals surface area contributed by atoms with Gasteiger partial charge in [0, 0.05) is 25.3 Å². The third kappa shape index (κ3) is 4.38. The number of carbonyl (C=O) groups excluding carboxylic acids is 1. The minimum absolute atomic E-state index is 0.0846. The zero-order chi connectivity index (χ0) is 16.9. The Hall–Kier alpha value is -2.28. The summed E-state index contributed by atoms with van der Waals surface area (Å²) in [5.41, 5.74) is 0.890. The number of amides is 2. The first-order valence-electron chi connectivity index (χ1n) is 8.45. The van der Waals surface area contributed by atoms with Crippen LogP contribution >= 0.6 is 0 Å². The zero-order valence-corrected chi connectivity index (χ0v) is 14.2. The van der Waals surface area contributed by atoms with Crippen LogP contribution in [0, 0.1) is 5.92 Å². The molecule has 0 radical (unpaired) electrons. The van der Waals surface area contributed by atoms with Crippen molar-refractivity contribution < 1.29 is 9.21 Å². The van der Waals surface area contributed by atoms with E-state index in [2.05, 4.69) is 25.7 Å². The molecule has 1 saturated heterocycles. The van der Waals surface area contributed by atoms with E-state index in [4.69, 9.17) is 4.42 Å². The maximum absolute atomic E-state index is 11.6. The van der Waals surface area contributed by atoms with E-state index in [0.717, 1.165) is 43.3 Å². The SMILES string of the molecule is CC(C)NC(=O)NC[C@H]1CCN(Cc2ccc(-c3ccn[nH]3)o2)C1. The molecule has 1 aliphatic heterocycles. The van der Waals surface area contributed by atoms with Gasteiger partial charge in [-0.1, -0.05) is 0 Å². The maximum Gasteiger partial charge on any atom is 0.314 e. The van der Waals surface area contributed by atoms with E-state index in [-0.39, 0.29) is 12.1 Å². The Balaban J connectivity index is 1.44. The largest absolute Gasteiger partial charge is 0.458 e. The number of H-pyrrole nitrogens is 1. The van der Waals surface area contributed by atoms with Crippen molar-refractivity contribution in [3.8, 4) is 11.5 Å². The molecule has 1 atom stereocenters. The normalized spacial score (nSPS) is 18.2. The molecule has 0 aliphatic carbocycles. The van der Waals surface area contributed by atoms with Crippen molar-refractivity contribution in [2.75, 3.05) is 19.6 Å². The second kappa shape index (κ2) is 7.53. The van der Waals surface area contributed by atoms with Gasteiger partial charge in [0.25, 0.3) is 0 Å². The Bertz CT molecular complexity index is 650. The lowest BCUT2D eigenvalue weighted by molar-refractivity contribution is 0.235. The van der Waals surface area contributed by atoms with Crippen LogP contribution < -0.4 is 10.6 Å². The van der Waals surface area contributed by atoms with E-state index in [0.29, 0.717) is 12.5 Å². The van der Waals surface area contributed by atoms with Gasteiger partial charge in [-0.25, -0.2) is 4.79 Å². The van der Waals surface area contributed by atoms with Gasteiger partial charge in [-0.15, -0.1) is 0 Å². The summed E-state index contributed by atoms with van der Waals surface area (Å²) < 4.78 is 5.87. The van der Waals surface area contributed by atoms with Crippen LogP contribution in [0.5, 0.6) is 0 Å². The summed E-state index contributed by atoms with van der Waals surface area (Å²) in [4.78, 5) is 14.0. The minimum Gasteiger partial charge on any atom is -0.458 e. The van der Waals surface area contributed by atoms with Crippen LogP contribution in [-0.2, 0) is 6.54 Å². The molecule has 24 heavy (non-hydrogen) atoms. The van der Waals surface area contributed by atoms with Gasteiger partial charge in [0.1, 0.15) is 11.5 Å². The summed E-state index contributed by atoms with van der Waals surface area (Å²) in [6, 6.07) is 5.95. The van der Waals surface area contributed by atoms with Crippen molar-refractivity contribution in [3.05, 3.63) is 30.2 Å². The minimum atomic E-state index is -0.0846. The number of urea groups is 1. The molecule has 0 bridgehead atoms. The topological polar surface area (TPSA) is 86.2 Å². The number of aromatic amines is 1. The van der Waals surface area contributed by atoms with E-state index >= 15 is 0 Å². The van der Waals surface area contributed by atoms with Crippen molar-refractivity contribution in [2.45, 2.75) is 32.9 Å². The van der Waals surface area contributed by atoms with E-state index in [1.807, 2.05) is 32.0 Å². The molecule has 0 aromatic carbocycles. The number of hydrogen-bond acceptors (Lipinski definition) is 4. The van der Waals surface area contributed by atoms with Crippen molar-refractivity contribution in [2.24, 2.45) is 5.92 Å². The molecule has 0 unspecified atom stereocenters. The standard InChI is InChI=1S/C17H25N5O2/c1-12(2)20-17(23)18-9-13-6-8-22(10-13)11-14-3-4-16(24-14)15-5-7-19-21-15/h3-5,7,12-13H,6,8-11H2,1-2H3,(H,19,21)(H2,18,20,23)/t13-/m1/s1. The van der Waals surface area contributed by atoms with Crippen LogP contribution in [0.15, 0.2) is 28.8 Å². The predicted molar refractivity (Wildman–Crippen MR) is 91.3 cm³/mol. The molecule has 7 heteroatoms. The van der Waals surface area contributed by atoms with Crippen LogP contribution in [0.4, 0.5) is 4.79 Å². The summed E-state index contributed by atoms with van der Waals surface area (Å²) in [5, 5.41) is 12.6. The molecule has 1 aliphatic rings. The second-order valence-electron chi connectivity index (χ2n) is 6.64. The number of rotatable bonds is 6. The molecule has 2 aromatic rings. The van der Waals surface area contributed by atoms with Gasteiger partial charge < -0.3 is 15.1 Å². The van der Waals surface area contributed by atoms with Crippen LogP contribution in [0.2, 0.25) is 0 Å². The monoisotopic (exact) mass is 331 g/mol. The highest BCUT2D eigenvalue weighted by atomic mass is 16.3. The molecule has 0 spiro atoms. The lowest BCUT2D eigenvalue weighted by Crippen LogP contribution is -2.41. The van der Waals surface area contributed by atoms with Crippen molar-refractivity contribution in [3.63, 3.8) is 0 Å². The average molecular weight is 331 g/mol. The van der Waals surface area contributed by atoms with Crippen LogP contribution in [0.1, 0.15) is 26.0 Å². The lowest BCUT2D eigenvalue weighted by atomic mass is 10.1. The fraction of sp³-hybridized carbons (Fsp3) is 0.529. The first-order valence-corrected chi connectivity index (χ1v) is 8.45. The third-order valence-corrected chi connectivity index (χ3v) is 4.15. The Morgan fingerprint density at radius 1 is 1.46 bits per heavy atom. The molecular weight excluding hydrogens is 306 g/mol. The fourth-order valence-electron chi connectivity index (χ4n) is 2.99. The number of nitrogens with zero attached hydrogens (tertiary/aromatic N) is 2. The van der Waals surface area contributed by atoms with Gasteiger partial charge in [-0.2, -0.15) is 5.10 Å². The number of furan rings is 1. The van der Waals surface area contributed by atoms with Crippen molar-refractivity contribution in [1.29, 1.82) is 0 Å². The molecular formula is C17H25N5O2. The number of aromatic nitrogens is 2. The van der Waals surface area contributed by atoms with Crippen molar-refractivity contribution >= 4 is 6.03 Å². The number of carbonyl (C=O) groups is 1. The Morgan fingerprint density at radius 2 is 2.33 bits per heavy atom. The van der Waals surface area contributed by atoms with Gasteiger partial charge >= 0.3 is 6.03 Å². The highest BCUT2D eigenvalue weighted by Gasteiger charge is 2.23. The first kappa shape index (κ1) is 16.6. The van der Waals surface area contributed by atoms with E-state index in [1.165, 1.54) is 0 Å². The molecule has 130 valence electrons. The third-order valence-electron chi connectivity index (χ3n) is 4.15. The van der Waals surface area contributed by atoms with Gasteiger partial charge in [-0.05, 0) is 50.9 Å². The Morgan fingerprint density at radius 3 is 3.08 bits per heavy atom. The van der Waals surface area contributed by atoms with Crippen LogP contribution in [-0.4, -0.2) is 46.8 Å². The second-order valence-corrected chi connectivity index (χ2v) is 6.64. The van der Waals surface area contributed by atoms with Gasteiger partial charge in [0.15, 0.2) is 5.76 Å². The van der Waals surface area contributed by atoms with E-state index < -0.39 is 0 Å². The summed E-state index contributed by atoms with van der Waals surface area (Å²) in [6.07, 6.45) is 2.81. The molecule has 3 heterocycles. The Kier molecular flexibility index (Phi) is 5.20. The molecule has 1 fully saturated rings. The number of hydrogen-bond donors (Lipinski definition) is 3. The van der Waals surface area contributed by atoms with Gasteiger partial charge in [-0.3, -0.25) is 10.00 Å². The van der Waals surface area contributed by atoms with Crippen LogP contribution in [0.25, 0.3) is 11.5 Å². The summed E-state index contributed by atoms with van der Waals surface area (Å²) in [5.74, 6) is 2.25. The highest BCUT2D eigenvalue weighted by molar-refractivity contribution is 5.74. The molecule has 3 N–H and O–H groups in total. The first-order chi connectivity index (χ1) is 11.6. The molecule has 7 nitrogen and oxygen atoms in total. The van der Waals surface area contributed by atoms with Crippen molar-refractivity contribution in [1.82, 2.24) is 25.7 Å². The van der Waals surface area contributed by atoms with E-state index in [9.17, 15) is 4.79 Å². The molecule has 0 saturated carbocycles. The molecule has 3 rings (SSSR count). The number of nitrogens with one attached hydrogen (secondary N) is 3. The maximum atomic E-state index is 11.6. The lowest BCUT2D eigenvalue weighted by Gasteiger charge is -2.16. The highest BCUT2D eigenvalue weighted by Crippen LogP contribution is 2.23. The van der Waals surface area contributed by atoms with Gasteiger partial charge in [0.05, 0.1) is 6.54 Å². The van der Waals surface area contributed by atoms with Gasteiger partial charge in [0.2, 0.25) is 0 Å². The smallest absolute Gasteiger partial charge is 0.314 e. The summed E-state index contributed by atoms with van der Waals surface area (Å²) in [7, 11) is 0. The number of likely N-dealkylation sites (tertiary alicyclic amines) is 1. The predicted octanol–water partition coefficient (Wildman–Crippen LogP) is 2.20. The fourth-order valence-corrected chi connectivity index (χ4v) is 2.99. The summed E-state index contributed by atoms with van der Waals surface area (Å²) >= 11 is 0. The summed E-state index contributed by atoms with van der Waals surface area (Å²) in [6.45, 7) is 7.42. The van der Waals surface area contributed by atoms with E-state index in [1.54, 1.807) is 6.20 Å². The zero-order valence-electron chi connectivity index (χ0n) is 14.2. The quantitative estimate of drug-likeness (QED) is 0.757. The molecule has 2 aromatic heterocycles. The molecule has 2 amide bonds. The van der Waals surface area contributed by atoms with Crippen LogP contribution in [0.3, 0.4) is 0 Å². The Labute approximate surface area is 141 Å².